The van der Waals surface area contributed by atoms with E-state index in [1.165, 1.54) is 15.6 Å². The highest BCUT2D eigenvalue weighted by Gasteiger charge is 2.33. The molecule has 1 N–H and O–H groups in total. The van der Waals surface area contributed by atoms with E-state index in [-0.39, 0.29) is 12.0 Å². The fourth-order valence-corrected chi connectivity index (χ4v) is 5.43. The van der Waals surface area contributed by atoms with Crippen molar-refractivity contribution in [2.45, 2.75) is 18.9 Å². The molecule has 1 aliphatic heterocycles. The standard InChI is InChI=1S/C21H19Cl2NO2S/c22-14-7-8-16(18(23)10-14)20(24-9-3-4-13(11-24)21(25)26)17-12-27-19-6-2-1-5-15(17)19/h1-2,5-8,10,12-13,20H,3-4,9,11H2,(H,25,26). The quantitative estimate of drug-likeness (QED) is 0.555. The molecule has 2 unspecified atom stereocenters. The van der Waals surface area contributed by atoms with E-state index in [4.69, 9.17) is 23.2 Å². The predicted octanol–water partition coefficient (Wildman–Crippen LogP) is 6.09. The number of hydrogen-bond acceptors (Lipinski definition) is 3. The Balaban J connectivity index is 1.83. The van der Waals surface area contributed by atoms with Crippen molar-refractivity contribution in [3.8, 4) is 0 Å². The Labute approximate surface area is 172 Å². The summed E-state index contributed by atoms with van der Waals surface area (Å²) in [7, 11) is 0. The van der Waals surface area contributed by atoms with Crippen molar-refractivity contribution in [2.24, 2.45) is 5.92 Å². The number of likely N-dealkylation sites (tertiary alicyclic amines) is 1. The molecule has 1 aliphatic rings. The molecule has 0 aliphatic carbocycles. The number of piperidine rings is 1. The number of carbonyl (C=O) groups is 1. The molecule has 1 aromatic heterocycles. The SMILES string of the molecule is O=C(O)C1CCCN(C(c2ccc(Cl)cc2Cl)c2csc3ccccc23)C1. The van der Waals surface area contributed by atoms with Crippen molar-refractivity contribution < 1.29 is 9.90 Å². The van der Waals surface area contributed by atoms with Gasteiger partial charge in [-0.05, 0) is 59.5 Å². The van der Waals surface area contributed by atoms with Gasteiger partial charge in [0.1, 0.15) is 0 Å². The summed E-state index contributed by atoms with van der Waals surface area (Å²) in [6.07, 6.45) is 1.58. The third kappa shape index (κ3) is 3.72. The van der Waals surface area contributed by atoms with Crippen molar-refractivity contribution >= 4 is 50.6 Å². The predicted molar refractivity (Wildman–Crippen MR) is 112 cm³/mol. The van der Waals surface area contributed by atoms with Gasteiger partial charge in [-0.1, -0.05) is 47.5 Å². The molecule has 1 saturated heterocycles. The highest BCUT2D eigenvalue weighted by atomic mass is 35.5. The van der Waals surface area contributed by atoms with Crippen LogP contribution in [0.25, 0.3) is 10.1 Å². The van der Waals surface area contributed by atoms with Gasteiger partial charge in [-0.3, -0.25) is 9.69 Å². The van der Waals surface area contributed by atoms with Crippen LogP contribution < -0.4 is 0 Å². The summed E-state index contributed by atoms with van der Waals surface area (Å²) < 4.78 is 1.22. The maximum atomic E-state index is 11.6. The third-order valence-corrected chi connectivity index (χ3v) is 6.77. The maximum Gasteiger partial charge on any atom is 0.307 e. The summed E-state index contributed by atoms with van der Waals surface area (Å²) in [4.78, 5) is 13.9. The molecule has 2 heterocycles. The summed E-state index contributed by atoms with van der Waals surface area (Å²) in [5, 5.41) is 14.1. The van der Waals surface area contributed by atoms with E-state index in [1.807, 2.05) is 24.3 Å². The van der Waals surface area contributed by atoms with Crippen molar-refractivity contribution in [3.05, 3.63) is 69.0 Å². The first kappa shape index (κ1) is 18.8. The van der Waals surface area contributed by atoms with Gasteiger partial charge in [0.2, 0.25) is 0 Å². The van der Waals surface area contributed by atoms with Crippen LogP contribution in [0.15, 0.2) is 47.8 Å². The first-order valence-corrected chi connectivity index (χ1v) is 10.6. The Morgan fingerprint density at radius 2 is 2.00 bits per heavy atom. The van der Waals surface area contributed by atoms with Gasteiger partial charge < -0.3 is 5.11 Å². The minimum atomic E-state index is -0.726. The van der Waals surface area contributed by atoms with Gasteiger partial charge in [-0.25, -0.2) is 0 Å². The number of halogens is 2. The van der Waals surface area contributed by atoms with Gasteiger partial charge in [0.25, 0.3) is 0 Å². The Morgan fingerprint density at radius 3 is 2.78 bits per heavy atom. The molecule has 0 amide bonds. The van der Waals surface area contributed by atoms with E-state index in [2.05, 4.69) is 22.4 Å². The molecule has 6 heteroatoms. The average Bonchev–Trinajstić information content (AvgIpc) is 3.08. The summed E-state index contributed by atoms with van der Waals surface area (Å²) in [6, 6.07) is 13.8. The zero-order chi connectivity index (χ0) is 19.0. The Hall–Kier alpha value is -1.59. The number of thiophene rings is 1. The third-order valence-electron chi connectivity index (χ3n) is 5.23. The number of aliphatic carboxylic acids is 1. The molecule has 0 saturated carbocycles. The lowest BCUT2D eigenvalue weighted by atomic mass is 9.91. The number of nitrogens with zero attached hydrogens (tertiary/aromatic N) is 1. The second kappa shape index (κ2) is 7.80. The van der Waals surface area contributed by atoms with Crippen LogP contribution in [0.1, 0.15) is 30.0 Å². The molecule has 27 heavy (non-hydrogen) atoms. The minimum absolute atomic E-state index is 0.0898. The van der Waals surface area contributed by atoms with Gasteiger partial charge in [-0.15, -0.1) is 11.3 Å². The molecule has 2 aromatic carbocycles. The largest absolute Gasteiger partial charge is 0.481 e. The lowest BCUT2D eigenvalue weighted by Crippen LogP contribution is -2.41. The molecular weight excluding hydrogens is 401 g/mol. The van der Waals surface area contributed by atoms with E-state index in [9.17, 15) is 9.90 Å². The highest BCUT2D eigenvalue weighted by Crippen LogP contribution is 2.41. The number of carboxylic acids is 1. The first-order chi connectivity index (χ1) is 13.0. The summed E-state index contributed by atoms with van der Waals surface area (Å²) in [6.45, 7) is 1.36. The van der Waals surface area contributed by atoms with E-state index < -0.39 is 5.97 Å². The zero-order valence-corrected chi connectivity index (χ0v) is 16.9. The van der Waals surface area contributed by atoms with Crippen molar-refractivity contribution in [2.75, 3.05) is 13.1 Å². The Kier molecular flexibility index (Phi) is 5.42. The molecule has 3 nitrogen and oxygen atoms in total. The number of hydrogen-bond donors (Lipinski definition) is 1. The lowest BCUT2D eigenvalue weighted by molar-refractivity contribution is -0.143. The molecule has 0 radical (unpaired) electrons. The van der Waals surface area contributed by atoms with Crippen LogP contribution in [0.3, 0.4) is 0 Å². The van der Waals surface area contributed by atoms with Crippen molar-refractivity contribution in [1.29, 1.82) is 0 Å². The van der Waals surface area contributed by atoms with Crippen molar-refractivity contribution in [3.63, 3.8) is 0 Å². The van der Waals surface area contributed by atoms with Crippen LogP contribution in [-0.2, 0) is 4.79 Å². The smallest absolute Gasteiger partial charge is 0.307 e. The first-order valence-electron chi connectivity index (χ1n) is 8.92. The van der Waals surface area contributed by atoms with Gasteiger partial charge in [0.05, 0.1) is 12.0 Å². The normalized spacial score (nSPS) is 19.3. The summed E-state index contributed by atoms with van der Waals surface area (Å²) in [5.41, 5.74) is 2.14. The van der Waals surface area contributed by atoms with Crippen LogP contribution in [0.5, 0.6) is 0 Å². The maximum absolute atomic E-state index is 11.6. The highest BCUT2D eigenvalue weighted by molar-refractivity contribution is 7.17. The minimum Gasteiger partial charge on any atom is -0.481 e. The molecule has 2 atom stereocenters. The summed E-state index contributed by atoms with van der Waals surface area (Å²) >= 11 is 14.4. The van der Waals surface area contributed by atoms with Gasteiger partial charge in [0, 0.05) is 21.3 Å². The fourth-order valence-electron chi connectivity index (χ4n) is 3.94. The van der Waals surface area contributed by atoms with Gasteiger partial charge in [-0.2, -0.15) is 0 Å². The lowest BCUT2D eigenvalue weighted by Gasteiger charge is -2.37. The van der Waals surface area contributed by atoms with E-state index in [1.54, 1.807) is 17.4 Å². The molecule has 0 bridgehead atoms. The van der Waals surface area contributed by atoms with Crippen LogP contribution in [-0.4, -0.2) is 29.1 Å². The second-order valence-electron chi connectivity index (χ2n) is 6.93. The monoisotopic (exact) mass is 419 g/mol. The molecule has 3 aromatic rings. The van der Waals surface area contributed by atoms with Crippen LogP contribution >= 0.6 is 34.5 Å². The average molecular weight is 420 g/mol. The fraction of sp³-hybridized carbons (Fsp3) is 0.286. The van der Waals surface area contributed by atoms with E-state index >= 15 is 0 Å². The summed E-state index contributed by atoms with van der Waals surface area (Å²) in [5.74, 6) is -1.08. The molecular formula is C21H19Cl2NO2S. The second-order valence-corrected chi connectivity index (χ2v) is 8.68. The van der Waals surface area contributed by atoms with E-state index in [0.717, 1.165) is 24.9 Å². The number of rotatable bonds is 4. The molecule has 1 fully saturated rings. The van der Waals surface area contributed by atoms with E-state index in [0.29, 0.717) is 16.6 Å². The van der Waals surface area contributed by atoms with Crippen LogP contribution in [0, 0.1) is 5.92 Å². The van der Waals surface area contributed by atoms with Gasteiger partial charge in [0.15, 0.2) is 0 Å². The van der Waals surface area contributed by atoms with Crippen LogP contribution in [0.4, 0.5) is 0 Å². The topological polar surface area (TPSA) is 40.5 Å². The molecule has 140 valence electrons. The number of carboxylic acid groups (broad SMARTS) is 1. The molecule has 0 spiro atoms. The molecule has 4 rings (SSSR count). The Bertz CT molecular complexity index is 987. The Morgan fingerprint density at radius 1 is 1.19 bits per heavy atom. The van der Waals surface area contributed by atoms with Crippen LogP contribution in [0.2, 0.25) is 10.0 Å². The van der Waals surface area contributed by atoms with Gasteiger partial charge >= 0.3 is 5.97 Å². The number of benzene rings is 2. The number of fused-ring (bicyclic) bond motifs is 1. The van der Waals surface area contributed by atoms with Crippen molar-refractivity contribution in [1.82, 2.24) is 4.90 Å². The zero-order valence-electron chi connectivity index (χ0n) is 14.6.